The van der Waals surface area contributed by atoms with Gasteiger partial charge in [-0.15, -0.1) is 11.3 Å². The Morgan fingerprint density at radius 3 is 2.70 bits per heavy atom. The van der Waals surface area contributed by atoms with Crippen LogP contribution in [0.2, 0.25) is 0 Å². The Bertz CT molecular complexity index is 433. The minimum Gasteiger partial charge on any atom is -0.356 e. The van der Waals surface area contributed by atoms with Gasteiger partial charge in [0.25, 0.3) is 0 Å². The van der Waals surface area contributed by atoms with Gasteiger partial charge in [0, 0.05) is 24.7 Å². The third-order valence-electron chi connectivity index (χ3n) is 3.99. The van der Waals surface area contributed by atoms with Crippen LogP contribution in [0.1, 0.15) is 42.5 Å². The Kier molecular flexibility index (Phi) is 5.83. The lowest BCUT2D eigenvalue weighted by Gasteiger charge is -2.26. The van der Waals surface area contributed by atoms with Crippen LogP contribution in [-0.2, 0) is 6.54 Å². The molecular weight excluding hydrogens is 268 g/mol. The van der Waals surface area contributed by atoms with Gasteiger partial charge in [-0.3, -0.25) is 4.99 Å². The smallest absolute Gasteiger partial charge is 0.191 e. The SMILES string of the molecule is CN=C(NCc1ncc(C)s1)NCC1CCC(C)CC1. The predicted octanol–water partition coefficient (Wildman–Crippen LogP) is 2.94. The standard InChI is InChI=1S/C15H26N4S/c1-11-4-6-13(7-5-11)9-18-15(16-3)19-10-14-17-8-12(2)20-14/h8,11,13H,4-7,9-10H2,1-3H3,(H2,16,18,19). The second-order valence-corrected chi connectivity index (χ2v) is 7.12. The first-order chi connectivity index (χ1) is 9.67. The van der Waals surface area contributed by atoms with E-state index in [4.69, 9.17) is 0 Å². The molecule has 2 rings (SSSR count). The van der Waals surface area contributed by atoms with Crippen molar-refractivity contribution in [1.29, 1.82) is 0 Å². The Morgan fingerprint density at radius 1 is 1.35 bits per heavy atom. The number of nitrogens with one attached hydrogen (secondary N) is 2. The molecule has 1 saturated carbocycles. The molecule has 0 amide bonds. The fourth-order valence-corrected chi connectivity index (χ4v) is 3.36. The van der Waals surface area contributed by atoms with Crippen LogP contribution in [-0.4, -0.2) is 24.5 Å². The van der Waals surface area contributed by atoms with E-state index in [1.165, 1.54) is 30.6 Å². The summed E-state index contributed by atoms with van der Waals surface area (Å²) in [7, 11) is 1.82. The molecule has 1 heterocycles. The largest absolute Gasteiger partial charge is 0.356 e. The molecule has 0 atom stereocenters. The molecule has 0 aliphatic heterocycles. The van der Waals surface area contributed by atoms with Crippen molar-refractivity contribution in [1.82, 2.24) is 15.6 Å². The molecule has 0 saturated heterocycles. The van der Waals surface area contributed by atoms with Crippen molar-refractivity contribution >= 4 is 17.3 Å². The lowest BCUT2D eigenvalue weighted by Crippen LogP contribution is -2.40. The van der Waals surface area contributed by atoms with Gasteiger partial charge in [0.05, 0.1) is 6.54 Å². The number of aryl methyl sites for hydroxylation is 1. The van der Waals surface area contributed by atoms with Gasteiger partial charge in [-0.2, -0.15) is 0 Å². The predicted molar refractivity (Wildman–Crippen MR) is 86.2 cm³/mol. The minimum absolute atomic E-state index is 0.750. The Hall–Kier alpha value is -1.10. The second-order valence-electron chi connectivity index (χ2n) is 5.80. The van der Waals surface area contributed by atoms with Crippen molar-refractivity contribution in [3.05, 3.63) is 16.1 Å². The Labute approximate surface area is 126 Å². The van der Waals surface area contributed by atoms with Gasteiger partial charge in [0.15, 0.2) is 5.96 Å². The Balaban J connectivity index is 1.70. The first-order valence-corrected chi connectivity index (χ1v) is 8.35. The van der Waals surface area contributed by atoms with Crippen molar-refractivity contribution in [3.63, 3.8) is 0 Å². The van der Waals surface area contributed by atoms with Gasteiger partial charge >= 0.3 is 0 Å². The van der Waals surface area contributed by atoms with Crippen LogP contribution >= 0.6 is 11.3 Å². The average Bonchev–Trinajstić information content (AvgIpc) is 2.87. The molecule has 1 aliphatic rings. The summed E-state index contributed by atoms with van der Waals surface area (Å²) in [5.41, 5.74) is 0. The normalized spacial score (nSPS) is 23.6. The quantitative estimate of drug-likeness (QED) is 0.663. The molecule has 1 aromatic rings. The van der Waals surface area contributed by atoms with Gasteiger partial charge in [-0.1, -0.05) is 19.8 Å². The first-order valence-electron chi connectivity index (χ1n) is 7.53. The van der Waals surface area contributed by atoms with Gasteiger partial charge in [-0.25, -0.2) is 4.98 Å². The van der Waals surface area contributed by atoms with E-state index in [-0.39, 0.29) is 0 Å². The molecule has 112 valence electrons. The molecular formula is C15H26N4S. The van der Waals surface area contributed by atoms with E-state index in [9.17, 15) is 0 Å². The van der Waals surface area contributed by atoms with Crippen LogP contribution in [0, 0.1) is 18.8 Å². The molecule has 20 heavy (non-hydrogen) atoms. The maximum absolute atomic E-state index is 4.35. The van der Waals surface area contributed by atoms with Crippen LogP contribution in [0.25, 0.3) is 0 Å². The van der Waals surface area contributed by atoms with Gasteiger partial charge in [-0.05, 0) is 31.6 Å². The molecule has 1 aliphatic carbocycles. The zero-order valence-corrected chi connectivity index (χ0v) is 13.6. The summed E-state index contributed by atoms with van der Waals surface area (Å²) in [5, 5.41) is 7.89. The van der Waals surface area contributed by atoms with Crippen molar-refractivity contribution in [3.8, 4) is 0 Å². The van der Waals surface area contributed by atoms with Crippen molar-refractivity contribution < 1.29 is 0 Å². The first kappa shape index (κ1) is 15.3. The fourth-order valence-electron chi connectivity index (χ4n) is 2.64. The number of hydrogen-bond donors (Lipinski definition) is 2. The highest BCUT2D eigenvalue weighted by Crippen LogP contribution is 2.27. The number of guanidine groups is 1. The molecule has 1 fully saturated rings. The number of aromatic nitrogens is 1. The molecule has 4 nitrogen and oxygen atoms in total. The zero-order valence-electron chi connectivity index (χ0n) is 12.8. The van der Waals surface area contributed by atoms with Crippen molar-refractivity contribution in [2.24, 2.45) is 16.8 Å². The summed E-state index contributed by atoms with van der Waals surface area (Å²) in [6, 6.07) is 0. The van der Waals surface area contributed by atoms with E-state index >= 15 is 0 Å². The third kappa shape index (κ3) is 4.78. The van der Waals surface area contributed by atoms with Gasteiger partial charge in [0.2, 0.25) is 0 Å². The molecule has 0 aromatic carbocycles. The minimum atomic E-state index is 0.750. The topological polar surface area (TPSA) is 49.3 Å². The maximum Gasteiger partial charge on any atom is 0.191 e. The summed E-state index contributed by atoms with van der Waals surface area (Å²) in [6.45, 7) is 6.22. The summed E-state index contributed by atoms with van der Waals surface area (Å²) in [5.74, 6) is 2.60. The lowest BCUT2D eigenvalue weighted by atomic mass is 9.83. The van der Waals surface area contributed by atoms with Gasteiger partial charge in [0.1, 0.15) is 5.01 Å². The van der Waals surface area contributed by atoms with Crippen LogP contribution in [0.15, 0.2) is 11.2 Å². The molecule has 0 bridgehead atoms. The lowest BCUT2D eigenvalue weighted by molar-refractivity contribution is 0.289. The highest BCUT2D eigenvalue weighted by atomic mass is 32.1. The van der Waals surface area contributed by atoms with Crippen LogP contribution in [0.4, 0.5) is 0 Å². The van der Waals surface area contributed by atoms with Crippen LogP contribution in [0.3, 0.4) is 0 Å². The van der Waals surface area contributed by atoms with Gasteiger partial charge < -0.3 is 10.6 Å². The van der Waals surface area contributed by atoms with E-state index in [0.29, 0.717) is 0 Å². The molecule has 2 N–H and O–H groups in total. The molecule has 0 unspecified atom stereocenters. The van der Waals surface area contributed by atoms with Crippen molar-refractivity contribution in [2.75, 3.05) is 13.6 Å². The molecule has 0 spiro atoms. The maximum atomic E-state index is 4.35. The second kappa shape index (κ2) is 7.62. The Morgan fingerprint density at radius 2 is 2.10 bits per heavy atom. The summed E-state index contributed by atoms with van der Waals surface area (Å²) in [6.07, 6.45) is 7.35. The van der Waals surface area contributed by atoms with E-state index < -0.39 is 0 Å². The van der Waals surface area contributed by atoms with Crippen LogP contribution < -0.4 is 10.6 Å². The van der Waals surface area contributed by atoms with E-state index in [1.807, 2.05) is 13.2 Å². The highest BCUT2D eigenvalue weighted by molar-refractivity contribution is 7.11. The van der Waals surface area contributed by atoms with Crippen LogP contribution in [0.5, 0.6) is 0 Å². The number of thiazole rings is 1. The summed E-state index contributed by atoms with van der Waals surface area (Å²) >= 11 is 1.73. The van der Waals surface area contributed by atoms with Crippen molar-refractivity contribution in [2.45, 2.75) is 46.1 Å². The number of aliphatic imine (C=N–C) groups is 1. The summed E-state index contributed by atoms with van der Waals surface area (Å²) in [4.78, 5) is 9.89. The molecule has 1 aromatic heterocycles. The summed E-state index contributed by atoms with van der Waals surface area (Å²) < 4.78 is 0. The monoisotopic (exact) mass is 294 g/mol. The number of hydrogen-bond acceptors (Lipinski definition) is 3. The number of rotatable bonds is 4. The zero-order chi connectivity index (χ0) is 14.4. The number of nitrogens with zero attached hydrogens (tertiary/aromatic N) is 2. The third-order valence-corrected chi connectivity index (χ3v) is 4.91. The fraction of sp³-hybridized carbons (Fsp3) is 0.733. The molecule has 5 heteroatoms. The highest BCUT2D eigenvalue weighted by Gasteiger charge is 2.18. The van der Waals surface area contributed by atoms with E-state index in [1.54, 1.807) is 11.3 Å². The van der Waals surface area contributed by atoms with E-state index in [2.05, 4.69) is 34.5 Å². The molecule has 0 radical (unpaired) electrons. The van der Waals surface area contributed by atoms with E-state index in [0.717, 1.165) is 35.9 Å². The average molecular weight is 294 g/mol.